The number of nitro benzene ring substituents is 2. The fourth-order valence-corrected chi connectivity index (χ4v) is 9.05. The summed E-state index contributed by atoms with van der Waals surface area (Å²) in [4.78, 5) is 52.4. The minimum atomic E-state index is -5.08. The number of carboxylic acids is 1. The number of hydrogen-bond donors (Lipinski definition) is 9. The number of aromatic nitrogens is 4. The van der Waals surface area contributed by atoms with Gasteiger partial charge >= 0.3 is 12.1 Å². The number of nitro groups is 2. The zero-order valence-corrected chi connectivity index (χ0v) is 58.9. The van der Waals surface area contributed by atoms with Gasteiger partial charge in [-0.05, 0) is 140 Å². The number of anilines is 5. The first-order valence-electron chi connectivity index (χ1n) is 32.3. The van der Waals surface area contributed by atoms with Gasteiger partial charge in [-0.1, -0.05) is 0 Å². The molecule has 0 radical (unpaired) electrons. The van der Waals surface area contributed by atoms with Crippen molar-refractivity contribution in [1.29, 1.82) is 0 Å². The molecule has 6 aromatic rings. The Labute approximate surface area is 593 Å². The van der Waals surface area contributed by atoms with Crippen LogP contribution >= 0.6 is 11.6 Å². The van der Waals surface area contributed by atoms with Crippen LogP contribution in [0.4, 0.5) is 53.5 Å². The molecular formula is C66H92ClF3N14O18. The molecule has 2 aromatic heterocycles. The maximum Gasteiger partial charge on any atom is 0.490 e. The number of alkyl halides is 3. The molecule has 0 aliphatic carbocycles. The van der Waals surface area contributed by atoms with Crippen LogP contribution in [0.5, 0.6) is 46.0 Å². The number of β-amino-alcohol motifs (C(OH)–C–C–N with tert-alkyl or cyclic N) is 3. The second kappa shape index (κ2) is 43.5. The highest BCUT2D eigenvalue weighted by Gasteiger charge is 2.38. The molecule has 0 spiro atoms. The number of aryl methyl sites for hydroxylation is 2. The molecule has 0 unspecified atom stereocenters. The van der Waals surface area contributed by atoms with Gasteiger partial charge in [0.15, 0.2) is 46.0 Å². The topological polar surface area (TPSA) is 406 Å². The van der Waals surface area contributed by atoms with Gasteiger partial charge in [-0.15, -0.1) is 0 Å². The fraction of sp³-hybridized carbons (Fsp3) is 0.500. The predicted molar refractivity (Wildman–Crippen MR) is 375 cm³/mol. The number of carboxylic acid groups (broad SMARTS) is 1. The highest BCUT2D eigenvalue weighted by molar-refractivity contribution is 6.28. The highest BCUT2D eigenvalue weighted by Crippen LogP contribution is 2.35. The van der Waals surface area contributed by atoms with E-state index in [1.54, 1.807) is 39.5 Å². The number of ether oxygens (including phenoxy) is 9. The molecule has 4 aromatic carbocycles. The summed E-state index contributed by atoms with van der Waals surface area (Å²) in [7, 11) is 9.73. The number of nitrogen functional groups attached to an aromatic ring is 1. The van der Waals surface area contributed by atoms with Crippen LogP contribution in [-0.2, 0) is 9.53 Å². The number of nitrogens with one attached hydrogen (secondary N) is 4. The number of epoxide rings is 1. The lowest BCUT2D eigenvalue weighted by molar-refractivity contribution is -0.385. The third-order valence-electron chi connectivity index (χ3n) is 14.8. The first kappa shape index (κ1) is 83.3. The van der Waals surface area contributed by atoms with Crippen molar-refractivity contribution >= 4 is 57.9 Å². The first-order chi connectivity index (χ1) is 48.7. The Kier molecular flexibility index (Phi) is 35.5. The van der Waals surface area contributed by atoms with E-state index in [1.165, 1.54) is 83.0 Å². The highest BCUT2D eigenvalue weighted by atomic mass is 35.5. The molecular weight excluding hydrogens is 1370 g/mol. The SMILES string of the molecule is C1CNC1.CNc1cc(C)nc(Cl)n1.CNc1cc(C)nc(Nc2ccc(OC)c(OC[C@H](O)CN3CCC3)c2)n1.COc1ccc(N)cc1OC[C@H](O)CN1CCC1.COc1ccc([N+](=O)[O-])cc1OC[C@H](O)CN1CCC1.COc1ccc([N+](=O)[O-])cc1OC[C@H]1CO1.O=C(O)C(F)(F)F. The summed E-state index contributed by atoms with van der Waals surface area (Å²) in [5.74, 6) is 3.11. The number of rotatable bonds is 28. The Morgan fingerprint density at radius 2 is 0.990 bits per heavy atom. The van der Waals surface area contributed by atoms with Crippen molar-refractivity contribution in [2.45, 2.75) is 70.1 Å². The summed E-state index contributed by atoms with van der Waals surface area (Å²) in [6.45, 7) is 15.9. The minimum absolute atomic E-state index is 0.0208. The van der Waals surface area contributed by atoms with Gasteiger partial charge in [0.1, 0.15) is 62.5 Å². The van der Waals surface area contributed by atoms with Crippen LogP contribution in [-0.4, -0.2) is 249 Å². The zero-order chi connectivity index (χ0) is 74.7. The number of benzene rings is 4. The number of methoxy groups -OCH3 is 4. The quantitative estimate of drug-likeness (QED) is 0.00766. The normalized spacial score (nSPS) is 15.6. The molecule has 0 amide bonds. The summed E-state index contributed by atoms with van der Waals surface area (Å²) in [6, 6.07) is 22.8. The lowest BCUT2D eigenvalue weighted by Crippen LogP contribution is -2.43. The van der Waals surface area contributed by atoms with Gasteiger partial charge in [0.05, 0.1) is 57.0 Å². The molecule has 562 valence electrons. The second-order valence-corrected chi connectivity index (χ2v) is 23.3. The maximum absolute atomic E-state index is 10.7. The molecule has 11 rings (SSSR count). The van der Waals surface area contributed by atoms with Crippen LogP contribution in [0.15, 0.2) is 84.9 Å². The molecule has 32 nitrogen and oxygen atoms in total. The Morgan fingerprint density at radius 1 is 0.618 bits per heavy atom. The minimum Gasteiger partial charge on any atom is -0.493 e. The number of likely N-dealkylation sites (tertiary alicyclic amines) is 3. The molecule has 36 heteroatoms. The van der Waals surface area contributed by atoms with Gasteiger partial charge in [0.25, 0.3) is 11.4 Å². The van der Waals surface area contributed by atoms with Crippen molar-refractivity contribution in [2.75, 3.05) is 169 Å². The van der Waals surface area contributed by atoms with E-state index >= 15 is 0 Å². The number of aliphatic hydroxyl groups is 3. The molecule has 5 saturated heterocycles. The summed E-state index contributed by atoms with van der Waals surface area (Å²) in [5.41, 5.74) is 8.71. The Bertz CT molecular complexity index is 3520. The van der Waals surface area contributed by atoms with E-state index in [4.69, 9.17) is 69.9 Å². The van der Waals surface area contributed by atoms with E-state index in [2.05, 4.69) is 55.9 Å². The van der Waals surface area contributed by atoms with E-state index in [9.17, 15) is 48.7 Å². The number of halogens is 4. The smallest absolute Gasteiger partial charge is 0.490 e. The molecule has 102 heavy (non-hydrogen) atoms. The number of hydrogen-bond acceptors (Lipinski definition) is 29. The molecule has 5 aliphatic heterocycles. The summed E-state index contributed by atoms with van der Waals surface area (Å²) in [5, 5.41) is 70.7. The van der Waals surface area contributed by atoms with Crippen molar-refractivity contribution in [3.63, 3.8) is 0 Å². The van der Waals surface area contributed by atoms with Crippen LogP contribution in [0.3, 0.4) is 0 Å². The van der Waals surface area contributed by atoms with Gasteiger partial charge in [0, 0.05) is 92.9 Å². The Morgan fingerprint density at radius 3 is 1.34 bits per heavy atom. The van der Waals surface area contributed by atoms with E-state index in [0.29, 0.717) is 84.7 Å². The van der Waals surface area contributed by atoms with Crippen LogP contribution in [0.2, 0.25) is 5.28 Å². The standard InChI is InChI=1S/C19H27N5O3.C13H18N2O5.C13H20N2O3.C10H11NO5.C6H8ClN3.C3H7N.C2HF3O2/c1-13-9-18(20-2)23-19(21-13)22-14-5-6-16(26-3)17(10-14)27-12-15(25)11-24-7-4-8-24;1-19-12-4-3-10(15(17)18)7-13(12)20-9-11(16)8-14-5-2-6-14;1-17-12-4-3-10(14)7-13(12)18-9-11(16)8-15-5-2-6-15;1-14-9-3-2-7(11(12)13)4-10(9)16-6-8-5-15-8;1-4-3-5(8-2)10-6(7)9-4;1-2-4-3-1;3-2(4,5)1(6)7/h5-6,9-10,15,25H,4,7-8,11-12H2,1-3H3,(H2,20,21,22,23);3-4,7,11,16H,2,5-6,8-9H2,1H3;3-4,7,11,16H,2,5-6,8-9,14H2,1H3;2-4,8H,5-6H2,1H3;3H,1-2H3,(H,8,9,10);4H,1-3H2;(H,6,7)/t15-;2*11-;8-;;;/m1111.../s1. The molecule has 10 N–H and O–H groups in total. The van der Waals surface area contributed by atoms with Crippen LogP contribution in [0.25, 0.3) is 0 Å². The van der Waals surface area contributed by atoms with E-state index < -0.39 is 40.3 Å². The first-order valence-corrected chi connectivity index (χ1v) is 32.7. The molecule has 0 saturated carbocycles. The number of aliphatic carboxylic acids is 1. The van der Waals surface area contributed by atoms with Crippen LogP contribution in [0.1, 0.15) is 37.1 Å². The van der Waals surface area contributed by atoms with Crippen molar-refractivity contribution in [1.82, 2.24) is 40.0 Å². The average Bonchev–Trinajstić information content (AvgIpc) is 1.45. The lowest BCUT2D eigenvalue weighted by Gasteiger charge is -2.32. The molecule has 4 atom stereocenters. The maximum atomic E-state index is 10.7. The van der Waals surface area contributed by atoms with E-state index in [-0.39, 0.29) is 48.3 Å². The number of nitrogens with zero attached hydrogens (tertiary/aromatic N) is 9. The van der Waals surface area contributed by atoms with Gasteiger partial charge in [-0.25, -0.2) is 19.7 Å². The average molecular weight is 1460 g/mol. The molecule has 5 aliphatic rings. The van der Waals surface area contributed by atoms with Crippen LogP contribution < -0.4 is 64.9 Å². The van der Waals surface area contributed by atoms with Crippen LogP contribution in [0, 0.1) is 34.1 Å². The van der Waals surface area contributed by atoms with Gasteiger partial charge < -0.3 is 105 Å². The Hall–Kier alpha value is -9.33. The lowest BCUT2D eigenvalue weighted by atomic mass is 10.2. The van der Waals surface area contributed by atoms with Gasteiger partial charge in [-0.3, -0.25) is 20.2 Å². The third kappa shape index (κ3) is 30.9. The van der Waals surface area contributed by atoms with Crippen molar-refractivity contribution in [3.05, 3.63) is 122 Å². The number of carbonyl (C=O) groups is 1. The Balaban J connectivity index is 0.000000226. The number of nitrogens with two attached hydrogens (primary N) is 1. The second-order valence-electron chi connectivity index (χ2n) is 23.0. The third-order valence-corrected chi connectivity index (χ3v) is 15.0. The molecule has 7 heterocycles. The predicted octanol–water partition coefficient (Wildman–Crippen LogP) is 7.27. The monoisotopic (exact) mass is 1460 g/mol. The van der Waals surface area contributed by atoms with Crippen molar-refractivity contribution in [3.8, 4) is 46.0 Å². The van der Waals surface area contributed by atoms with Gasteiger partial charge in [0.2, 0.25) is 11.2 Å². The molecule has 5 fully saturated rings. The largest absolute Gasteiger partial charge is 0.493 e. The summed E-state index contributed by atoms with van der Waals surface area (Å²) in [6.07, 6.45) is -1.67. The number of non-ortho nitro benzene ring substituents is 2. The van der Waals surface area contributed by atoms with Crippen molar-refractivity contribution < 1.29 is 90.9 Å². The number of aliphatic hydroxyl groups excluding tert-OH is 3. The van der Waals surface area contributed by atoms with Gasteiger partial charge in [-0.2, -0.15) is 18.2 Å². The van der Waals surface area contributed by atoms with E-state index in [1.807, 2.05) is 51.2 Å². The van der Waals surface area contributed by atoms with E-state index in [0.717, 1.165) is 74.4 Å². The van der Waals surface area contributed by atoms with Crippen molar-refractivity contribution in [2.24, 2.45) is 0 Å². The summed E-state index contributed by atoms with van der Waals surface area (Å²) < 4.78 is 79.6. The molecule has 0 bridgehead atoms. The summed E-state index contributed by atoms with van der Waals surface area (Å²) >= 11 is 5.57. The fourth-order valence-electron chi connectivity index (χ4n) is 8.83. The zero-order valence-electron chi connectivity index (χ0n) is 58.2.